The van der Waals surface area contributed by atoms with Crippen molar-refractivity contribution < 1.29 is 9.59 Å². The van der Waals surface area contributed by atoms with Crippen LogP contribution < -0.4 is 10.6 Å². The number of hydrogen-bond acceptors (Lipinski definition) is 5. The minimum absolute atomic E-state index is 0.00747. The number of nitrogens with zero attached hydrogens (tertiary/aromatic N) is 2. The predicted octanol–water partition coefficient (Wildman–Crippen LogP) is 3.59. The second-order valence-corrected chi connectivity index (χ2v) is 6.43. The molecule has 1 saturated carbocycles. The van der Waals surface area contributed by atoms with E-state index in [1.54, 1.807) is 30.3 Å². The van der Waals surface area contributed by atoms with Gasteiger partial charge >= 0.3 is 0 Å². The molecule has 3 rings (SSSR count). The number of Topliss-reactive ketones (excluding diaryl/α,β-unsaturated/α-hetero) is 1. The molecule has 0 atom stereocenters. The predicted molar refractivity (Wildman–Crippen MR) is 97.0 cm³/mol. The van der Waals surface area contributed by atoms with Crippen LogP contribution in [0.25, 0.3) is 0 Å². The highest BCUT2D eigenvalue weighted by molar-refractivity contribution is 6.03. The van der Waals surface area contributed by atoms with Gasteiger partial charge in [-0.2, -0.15) is 0 Å². The first-order valence-corrected chi connectivity index (χ1v) is 8.56. The molecule has 1 amide bonds. The average molecular weight is 338 g/mol. The number of carbonyl (C=O) groups excluding carboxylic acids is 2. The zero-order valence-corrected chi connectivity index (χ0v) is 14.5. The van der Waals surface area contributed by atoms with E-state index in [1.807, 2.05) is 6.92 Å². The summed E-state index contributed by atoms with van der Waals surface area (Å²) in [6.45, 7) is 3.36. The topological polar surface area (TPSA) is 84.0 Å². The van der Waals surface area contributed by atoms with Crippen molar-refractivity contribution in [2.24, 2.45) is 0 Å². The van der Waals surface area contributed by atoms with Gasteiger partial charge in [0, 0.05) is 23.0 Å². The molecule has 1 aliphatic carbocycles. The third-order valence-corrected chi connectivity index (χ3v) is 4.32. The van der Waals surface area contributed by atoms with Crippen LogP contribution in [0.3, 0.4) is 0 Å². The molecule has 0 radical (unpaired) electrons. The number of carbonyl (C=O) groups is 2. The van der Waals surface area contributed by atoms with Crippen LogP contribution in [0.4, 0.5) is 11.6 Å². The normalized spacial score (nSPS) is 14.3. The van der Waals surface area contributed by atoms with E-state index in [0.717, 1.165) is 18.5 Å². The molecule has 2 aromatic rings. The number of rotatable bonds is 5. The van der Waals surface area contributed by atoms with E-state index in [4.69, 9.17) is 0 Å². The van der Waals surface area contributed by atoms with Crippen LogP contribution in [0.1, 0.15) is 59.1 Å². The third-order valence-electron chi connectivity index (χ3n) is 4.32. The summed E-state index contributed by atoms with van der Waals surface area (Å²) < 4.78 is 0. The highest BCUT2D eigenvalue weighted by Crippen LogP contribution is 2.21. The molecule has 0 spiro atoms. The van der Waals surface area contributed by atoms with Crippen molar-refractivity contribution in [2.45, 2.75) is 45.6 Å². The molecule has 130 valence electrons. The lowest BCUT2D eigenvalue weighted by molar-refractivity contribution is 0.101. The number of aryl methyl sites for hydroxylation is 1. The van der Waals surface area contributed by atoms with Crippen LogP contribution >= 0.6 is 0 Å². The Labute approximate surface area is 147 Å². The molecular formula is C19H22N4O2. The summed E-state index contributed by atoms with van der Waals surface area (Å²) in [5.41, 5.74) is 2.30. The van der Waals surface area contributed by atoms with Crippen molar-refractivity contribution in [3.8, 4) is 0 Å². The first-order valence-electron chi connectivity index (χ1n) is 8.56. The molecule has 1 fully saturated rings. The quantitative estimate of drug-likeness (QED) is 0.814. The smallest absolute Gasteiger partial charge is 0.274 e. The minimum Gasteiger partial charge on any atom is -0.351 e. The second-order valence-electron chi connectivity index (χ2n) is 6.43. The molecule has 1 aromatic carbocycles. The SMILES string of the molecule is CC(=O)c1ccc(NC(=O)c2cc(C)nc(NC3CCCC3)n2)cc1. The number of benzene rings is 1. The molecule has 0 bridgehead atoms. The largest absolute Gasteiger partial charge is 0.351 e. The van der Waals surface area contributed by atoms with Crippen LogP contribution in [0.5, 0.6) is 0 Å². The van der Waals surface area contributed by atoms with Gasteiger partial charge in [0.25, 0.3) is 5.91 Å². The number of amides is 1. The molecular weight excluding hydrogens is 316 g/mol. The van der Waals surface area contributed by atoms with E-state index < -0.39 is 0 Å². The second kappa shape index (κ2) is 7.42. The fraction of sp³-hybridized carbons (Fsp3) is 0.368. The molecule has 0 aliphatic heterocycles. The summed E-state index contributed by atoms with van der Waals surface area (Å²) in [5.74, 6) is 0.200. The zero-order chi connectivity index (χ0) is 17.8. The zero-order valence-electron chi connectivity index (χ0n) is 14.5. The van der Waals surface area contributed by atoms with Crippen LogP contribution in [-0.4, -0.2) is 27.7 Å². The van der Waals surface area contributed by atoms with Gasteiger partial charge in [-0.3, -0.25) is 9.59 Å². The summed E-state index contributed by atoms with van der Waals surface area (Å²) in [7, 11) is 0. The van der Waals surface area contributed by atoms with Crippen molar-refractivity contribution in [3.05, 3.63) is 47.3 Å². The maximum Gasteiger partial charge on any atom is 0.274 e. The Morgan fingerprint density at radius 2 is 1.76 bits per heavy atom. The van der Waals surface area contributed by atoms with Gasteiger partial charge in [-0.05, 0) is 57.0 Å². The highest BCUT2D eigenvalue weighted by Gasteiger charge is 2.17. The molecule has 1 heterocycles. The summed E-state index contributed by atoms with van der Waals surface area (Å²) in [5, 5.41) is 6.13. The van der Waals surface area contributed by atoms with E-state index in [1.165, 1.54) is 19.8 Å². The Balaban J connectivity index is 1.72. The van der Waals surface area contributed by atoms with Gasteiger partial charge < -0.3 is 10.6 Å². The maximum absolute atomic E-state index is 12.5. The first kappa shape index (κ1) is 17.1. The van der Waals surface area contributed by atoms with Crippen LogP contribution in [0, 0.1) is 6.92 Å². The molecule has 6 nitrogen and oxygen atoms in total. The van der Waals surface area contributed by atoms with E-state index in [2.05, 4.69) is 20.6 Å². The van der Waals surface area contributed by atoms with Crippen molar-refractivity contribution in [3.63, 3.8) is 0 Å². The summed E-state index contributed by atoms with van der Waals surface area (Å²) >= 11 is 0. The fourth-order valence-corrected chi connectivity index (χ4v) is 2.99. The summed E-state index contributed by atoms with van der Waals surface area (Å²) in [6, 6.07) is 8.85. The number of nitrogens with one attached hydrogen (secondary N) is 2. The Morgan fingerprint density at radius 1 is 1.08 bits per heavy atom. The van der Waals surface area contributed by atoms with Gasteiger partial charge in [0.1, 0.15) is 5.69 Å². The molecule has 1 aromatic heterocycles. The number of aromatic nitrogens is 2. The van der Waals surface area contributed by atoms with E-state index in [9.17, 15) is 9.59 Å². The van der Waals surface area contributed by atoms with Crippen molar-refractivity contribution >= 4 is 23.3 Å². The van der Waals surface area contributed by atoms with E-state index in [0.29, 0.717) is 28.9 Å². The fourth-order valence-electron chi connectivity index (χ4n) is 2.99. The van der Waals surface area contributed by atoms with Gasteiger partial charge in [0.05, 0.1) is 0 Å². The first-order chi connectivity index (χ1) is 12.0. The van der Waals surface area contributed by atoms with Gasteiger partial charge in [-0.15, -0.1) is 0 Å². The lowest BCUT2D eigenvalue weighted by atomic mass is 10.1. The Kier molecular flexibility index (Phi) is 5.07. The molecule has 0 saturated heterocycles. The molecule has 1 aliphatic rings. The summed E-state index contributed by atoms with van der Waals surface area (Å²) in [6.07, 6.45) is 4.66. The number of ketones is 1. The Bertz CT molecular complexity index is 781. The minimum atomic E-state index is -0.296. The third kappa shape index (κ3) is 4.41. The van der Waals surface area contributed by atoms with Gasteiger partial charge in [-0.1, -0.05) is 12.8 Å². The Hall–Kier alpha value is -2.76. The van der Waals surface area contributed by atoms with Crippen LogP contribution in [-0.2, 0) is 0 Å². The molecule has 0 unspecified atom stereocenters. The van der Waals surface area contributed by atoms with Gasteiger partial charge in [-0.25, -0.2) is 9.97 Å². The average Bonchev–Trinajstić information content (AvgIpc) is 3.07. The van der Waals surface area contributed by atoms with Crippen LogP contribution in [0.2, 0.25) is 0 Å². The highest BCUT2D eigenvalue weighted by atomic mass is 16.2. The lowest BCUT2D eigenvalue weighted by Crippen LogP contribution is -2.20. The molecule has 25 heavy (non-hydrogen) atoms. The lowest BCUT2D eigenvalue weighted by Gasteiger charge is -2.13. The van der Waals surface area contributed by atoms with Crippen molar-refractivity contribution in [1.29, 1.82) is 0 Å². The molecule has 2 N–H and O–H groups in total. The van der Waals surface area contributed by atoms with E-state index >= 15 is 0 Å². The van der Waals surface area contributed by atoms with E-state index in [-0.39, 0.29) is 11.7 Å². The van der Waals surface area contributed by atoms with Gasteiger partial charge in [0.2, 0.25) is 5.95 Å². The maximum atomic E-state index is 12.5. The number of anilines is 2. The monoisotopic (exact) mass is 338 g/mol. The standard InChI is InChI=1S/C19H22N4O2/c1-12-11-17(23-19(20-12)22-15-5-3-4-6-15)18(25)21-16-9-7-14(8-10-16)13(2)24/h7-11,15H,3-6H2,1-2H3,(H,21,25)(H,20,22,23). The van der Waals surface area contributed by atoms with Crippen LogP contribution in [0.15, 0.2) is 30.3 Å². The van der Waals surface area contributed by atoms with Gasteiger partial charge in [0.15, 0.2) is 5.78 Å². The number of hydrogen-bond donors (Lipinski definition) is 2. The van der Waals surface area contributed by atoms with Crippen molar-refractivity contribution in [1.82, 2.24) is 9.97 Å². The molecule has 6 heteroatoms. The Morgan fingerprint density at radius 3 is 2.40 bits per heavy atom. The summed E-state index contributed by atoms with van der Waals surface area (Å²) in [4.78, 5) is 32.5. The van der Waals surface area contributed by atoms with Crippen molar-refractivity contribution in [2.75, 3.05) is 10.6 Å².